The quantitative estimate of drug-likeness (QED) is 0.0527. The Labute approximate surface area is 524 Å². The number of carboxylic acid groups (broad SMARTS) is 2. The molecule has 1 radical (unpaired) electrons. The number of methoxy groups -OCH3 is 2. The molecule has 5 aromatic carbocycles. The van der Waals surface area contributed by atoms with Crippen molar-refractivity contribution in [2.24, 2.45) is 11.8 Å². The maximum Gasteiger partial charge on any atom is 3.00 e. The Morgan fingerprint density at radius 1 is 0.605 bits per heavy atom. The van der Waals surface area contributed by atoms with Crippen LogP contribution < -0.4 is 19.3 Å². The largest absolute Gasteiger partial charge is 3.00 e. The molecule has 3 unspecified atom stereocenters. The van der Waals surface area contributed by atoms with E-state index in [0.29, 0.717) is 5.69 Å². The second kappa shape index (κ2) is 32.9. The molecule has 14 nitrogen and oxygen atoms in total. The van der Waals surface area contributed by atoms with E-state index in [9.17, 15) is 9.59 Å². The van der Waals surface area contributed by atoms with Crippen LogP contribution in [0.1, 0.15) is 56.8 Å². The minimum Gasteiger partial charge on any atom is -0.753 e. The van der Waals surface area contributed by atoms with E-state index in [2.05, 4.69) is 223 Å². The summed E-state index contributed by atoms with van der Waals surface area (Å²) in [7, 11) is 3.41. The topological polar surface area (TPSA) is 197 Å². The van der Waals surface area contributed by atoms with Gasteiger partial charge in [0.25, 0.3) is 0 Å². The SMILES string of the molecule is COc1ccc(N(C2=CC(C)C(/C=C/c3ccnc(-c4cc(/C=C/c5ccc(N(c6ccccc6)c6ccc(OC)cc6C)cc5)ccn4)c3)C=C2)c2ccccc2)c(C)c1.O=C(O)C1=CC(c2cc(C(=O)O)ccn2)[N-]C=C1.[N-]=C=S.[N-]=C=S.[Ru+3]. The van der Waals surface area contributed by atoms with E-state index in [1.165, 1.54) is 47.0 Å². The molecule has 0 spiro atoms. The Morgan fingerprint density at radius 2 is 1.12 bits per heavy atom. The number of anilines is 5. The molecule has 0 saturated carbocycles. The first-order chi connectivity index (χ1) is 41.3. The van der Waals surface area contributed by atoms with Crippen LogP contribution in [0.2, 0.25) is 0 Å². The van der Waals surface area contributed by atoms with Crippen LogP contribution in [0.15, 0.2) is 230 Å². The number of isothiocyanates is 2. The number of aromatic nitrogens is 3. The summed E-state index contributed by atoms with van der Waals surface area (Å²) in [5.41, 5.74) is 14.4. The number of nitrogens with zero attached hydrogens (tertiary/aromatic N) is 8. The van der Waals surface area contributed by atoms with Crippen LogP contribution in [-0.2, 0) is 24.3 Å². The van der Waals surface area contributed by atoms with E-state index in [1.54, 1.807) is 14.2 Å². The molecule has 0 saturated heterocycles. The molecule has 10 rings (SSSR count). The van der Waals surface area contributed by atoms with Gasteiger partial charge in [0.15, 0.2) is 0 Å². The van der Waals surface area contributed by atoms with Crippen molar-refractivity contribution in [1.82, 2.24) is 15.0 Å². The first kappa shape index (κ1) is 65.3. The molecule has 3 aromatic heterocycles. The summed E-state index contributed by atoms with van der Waals surface area (Å²) in [5, 5.41) is 38.7. The molecule has 8 aromatic rings. The second-order valence-corrected chi connectivity index (χ2v) is 19.4. The van der Waals surface area contributed by atoms with Crippen molar-refractivity contribution in [1.29, 1.82) is 0 Å². The van der Waals surface area contributed by atoms with Gasteiger partial charge in [-0.2, -0.15) is 16.5 Å². The number of thiocarbonyl (C=S) groups is 2. The maximum absolute atomic E-state index is 10.8. The van der Waals surface area contributed by atoms with Crippen molar-refractivity contribution in [2.45, 2.75) is 26.8 Å². The van der Waals surface area contributed by atoms with Crippen LogP contribution in [0.4, 0.5) is 28.4 Å². The number of pyridine rings is 3. The molecule has 1 aliphatic carbocycles. The van der Waals surface area contributed by atoms with E-state index >= 15 is 0 Å². The van der Waals surface area contributed by atoms with Gasteiger partial charge in [0, 0.05) is 64.3 Å². The molecule has 2 aliphatic rings. The molecule has 86 heavy (non-hydrogen) atoms. The molecular weight excluding hydrogens is 1200 g/mol. The number of carbonyl (C=O) groups is 2. The van der Waals surface area contributed by atoms with Crippen LogP contribution in [-0.4, -0.2) is 61.6 Å². The Kier molecular flexibility index (Phi) is 24.9. The summed E-state index contributed by atoms with van der Waals surface area (Å²) in [6.07, 6.45) is 24.9. The Balaban J connectivity index is 0.000000396. The standard InChI is InChI=1S/C55H50N4O2.C12H9N2O4.2CNS.Ru/c1-39-34-49(59(47-14-10-7-11-15-47)55-29-27-51(61-5)36-41(55)3)25-22-45(39)21-18-44-31-33-57-53(38-44)52-37-43(30-32-56-52)17-16-42-19-23-48(24-20-42)58(46-12-8-6-9-13-46)54-28-26-50(60-4)35-40(54)2;15-11(16)7-1-3-13-9(5-7)10-6-8(12(17)18)2-4-14-10;2*2-1-3;/h6-39,45H,1-5H3;1-6,9H,(H,15,16)(H,17,18);;;/q;3*-1;+3/b17-16+,21-18+;;;;. The molecule has 0 fully saturated rings. The second-order valence-electron chi connectivity index (χ2n) is 19.1. The summed E-state index contributed by atoms with van der Waals surface area (Å²) in [6.45, 7) is 6.53. The number of para-hydroxylation sites is 2. The minimum absolute atomic E-state index is 0. The summed E-state index contributed by atoms with van der Waals surface area (Å²) in [5.74, 6) is 0.101. The van der Waals surface area contributed by atoms with E-state index in [1.807, 2.05) is 42.7 Å². The van der Waals surface area contributed by atoms with Gasteiger partial charge in [-0.05, 0) is 163 Å². The zero-order chi connectivity index (χ0) is 60.7. The van der Waals surface area contributed by atoms with Gasteiger partial charge < -0.3 is 45.6 Å². The number of rotatable bonds is 16. The maximum atomic E-state index is 10.8. The van der Waals surface area contributed by atoms with Gasteiger partial charge in [-0.3, -0.25) is 15.0 Å². The van der Waals surface area contributed by atoms with Crippen molar-refractivity contribution in [3.8, 4) is 22.9 Å². The molecule has 1 aliphatic heterocycles. The minimum atomic E-state index is -1.06. The third-order valence-corrected chi connectivity index (χ3v) is 13.5. The molecule has 3 atom stereocenters. The predicted octanol–water partition coefficient (Wildman–Crippen LogP) is 17.0. The van der Waals surface area contributed by atoms with Crippen molar-refractivity contribution in [3.05, 3.63) is 285 Å². The summed E-state index contributed by atoms with van der Waals surface area (Å²) in [6, 6.07) is 52.5. The number of hydrogen-bond acceptors (Lipinski definition) is 11. The Hall–Kier alpha value is -9.85. The normalized spacial score (nSPS) is 14.5. The third kappa shape index (κ3) is 17.8. The van der Waals surface area contributed by atoms with Crippen LogP contribution in [0.5, 0.6) is 11.5 Å². The van der Waals surface area contributed by atoms with Crippen molar-refractivity contribution < 1.29 is 48.8 Å². The van der Waals surface area contributed by atoms with Crippen LogP contribution in [0, 0.1) is 25.7 Å². The molecule has 0 amide bonds. The van der Waals surface area contributed by atoms with Gasteiger partial charge in [-0.15, -0.1) is 0 Å². The fourth-order valence-corrected chi connectivity index (χ4v) is 9.29. The van der Waals surface area contributed by atoms with E-state index < -0.39 is 18.0 Å². The van der Waals surface area contributed by atoms with Gasteiger partial charge >= 0.3 is 31.4 Å². The average molecular weight is 1260 g/mol. The molecule has 4 heterocycles. The fourth-order valence-electron chi connectivity index (χ4n) is 9.29. The predicted molar refractivity (Wildman–Crippen MR) is 348 cm³/mol. The van der Waals surface area contributed by atoms with Crippen molar-refractivity contribution in [3.63, 3.8) is 0 Å². The molecule has 2 N–H and O–H groups in total. The van der Waals surface area contributed by atoms with Gasteiger partial charge in [-0.25, -0.2) is 9.59 Å². The number of allylic oxidation sites excluding steroid dienone is 4. The van der Waals surface area contributed by atoms with Crippen LogP contribution in [0.3, 0.4) is 0 Å². The van der Waals surface area contributed by atoms with Crippen molar-refractivity contribution in [2.75, 3.05) is 24.0 Å². The van der Waals surface area contributed by atoms with Crippen molar-refractivity contribution >= 4 is 93.4 Å². The number of aryl methyl sites for hydroxylation is 2. The smallest absolute Gasteiger partial charge is 0.753 e. The zero-order valence-electron chi connectivity index (χ0n) is 47.5. The van der Waals surface area contributed by atoms with Crippen LogP contribution in [0.25, 0.3) is 45.8 Å². The fraction of sp³-hybridized carbons (Fsp3) is 0.116. The van der Waals surface area contributed by atoms with E-state index in [-0.39, 0.29) is 42.5 Å². The summed E-state index contributed by atoms with van der Waals surface area (Å²) in [4.78, 5) is 39.7. The summed E-state index contributed by atoms with van der Waals surface area (Å²) < 4.78 is 11.0. The molecule has 17 heteroatoms. The Bertz CT molecular complexity index is 3870. The third-order valence-electron chi connectivity index (χ3n) is 13.5. The zero-order valence-corrected chi connectivity index (χ0v) is 50.9. The number of ether oxygens (including phenoxy) is 2. The number of aromatic carboxylic acids is 1. The molecule has 0 bridgehead atoms. The van der Waals surface area contributed by atoms with E-state index in [4.69, 9.17) is 40.5 Å². The van der Waals surface area contributed by atoms with Gasteiger partial charge in [0.05, 0.1) is 36.7 Å². The number of aliphatic carboxylic acids is 1. The molecule has 431 valence electrons. The van der Waals surface area contributed by atoms with Crippen LogP contribution >= 0.6 is 24.4 Å². The van der Waals surface area contributed by atoms with Gasteiger partial charge in [-0.1, -0.05) is 135 Å². The number of benzene rings is 5. The first-order valence-electron chi connectivity index (χ1n) is 26.6. The molecular formula is C69H59N8O6RuS2. The average Bonchev–Trinajstić information content (AvgIpc) is 1.93. The monoisotopic (exact) mass is 1260 g/mol. The van der Waals surface area contributed by atoms with E-state index in [0.717, 1.165) is 84.8 Å². The van der Waals surface area contributed by atoms with Gasteiger partial charge in [0.1, 0.15) is 11.5 Å². The number of hydrogen-bond donors (Lipinski definition) is 2. The Morgan fingerprint density at radius 3 is 1.64 bits per heavy atom. The number of carboxylic acids is 2. The first-order valence-corrected chi connectivity index (χ1v) is 27.4. The van der Waals surface area contributed by atoms with Gasteiger partial charge in [0.2, 0.25) is 0 Å². The summed E-state index contributed by atoms with van der Waals surface area (Å²) >= 11 is 7.40.